The Morgan fingerprint density at radius 3 is 2.05 bits per heavy atom. The van der Waals surface area contributed by atoms with E-state index in [1.807, 2.05) is 36.4 Å². The molecule has 0 amide bonds. The Kier molecular flexibility index (Phi) is 8.60. The van der Waals surface area contributed by atoms with E-state index in [-0.39, 0.29) is 18.8 Å². The monoisotopic (exact) mass is 545 g/mol. The molecule has 0 radical (unpaired) electrons. The summed E-state index contributed by atoms with van der Waals surface area (Å²) in [6.45, 7) is 1.10. The van der Waals surface area contributed by atoms with Gasteiger partial charge in [-0.3, -0.25) is 4.79 Å². The van der Waals surface area contributed by atoms with Gasteiger partial charge in [0.1, 0.15) is 43.3 Å². The molecule has 3 aromatic rings. The molecule has 206 valence electrons. The molecule has 0 bridgehead atoms. The fourth-order valence-electron chi connectivity index (χ4n) is 4.04. The molecule has 1 fully saturated rings. The van der Waals surface area contributed by atoms with Crippen molar-refractivity contribution >= 4 is 11.7 Å². The lowest BCUT2D eigenvalue weighted by molar-refractivity contribution is -0.274. The van der Waals surface area contributed by atoms with E-state index < -0.39 is 17.7 Å². The summed E-state index contributed by atoms with van der Waals surface area (Å²) in [6.07, 6.45) is -4.75. The van der Waals surface area contributed by atoms with Crippen molar-refractivity contribution in [2.24, 2.45) is 5.16 Å². The van der Waals surface area contributed by atoms with Crippen LogP contribution in [0.1, 0.15) is 23.1 Å². The molecule has 3 aromatic carbocycles. The van der Waals surface area contributed by atoms with Gasteiger partial charge in [0.2, 0.25) is 0 Å². The van der Waals surface area contributed by atoms with Crippen LogP contribution in [0.25, 0.3) is 0 Å². The number of carbonyl (C=O) groups is 1. The average molecular weight is 546 g/mol. The van der Waals surface area contributed by atoms with E-state index in [4.69, 9.17) is 19.0 Å². The van der Waals surface area contributed by atoms with Crippen LogP contribution in [0.3, 0.4) is 0 Å². The number of halogens is 3. The number of rotatable bonds is 12. The summed E-state index contributed by atoms with van der Waals surface area (Å²) in [5, 5.41) is 13.1. The molecule has 8 nitrogen and oxygen atoms in total. The molecular formula is C28H26F3NO7. The quantitative estimate of drug-likeness (QED) is 0.243. The van der Waals surface area contributed by atoms with Gasteiger partial charge in [-0.1, -0.05) is 29.4 Å². The van der Waals surface area contributed by atoms with Crippen molar-refractivity contribution in [1.29, 1.82) is 0 Å². The molecule has 0 aromatic heterocycles. The molecule has 1 aliphatic heterocycles. The van der Waals surface area contributed by atoms with Crippen molar-refractivity contribution < 1.29 is 46.9 Å². The highest BCUT2D eigenvalue weighted by atomic mass is 19.4. The van der Waals surface area contributed by atoms with Gasteiger partial charge in [0, 0.05) is 5.56 Å². The zero-order valence-corrected chi connectivity index (χ0v) is 20.9. The summed E-state index contributed by atoms with van der Waals surface area (Å²) < 4.78 is 57.9. The van der Waals surface area contributed by atoms with E-state index in [0.29, 0.717) is 42.6 Å². The standard InChI is InChI=1S/C28H26F3NO7/c1-35-32-25(20-4-10-24(11-5-20)39-28(29,30)31)16-38-22-8-2-19(3-9-22)15-37-23-12-6-21(7-13-23)27(14-26(33)34)17-36-18-27/h2-13H,14-18H2,1H3,(H,33,34)/b32-25-. The van der Waals surface area contributed by atoms with Crippen LogP contribution in [0.2, 0.25) is 0 Å². The van der Waals surface area contributed by atoms with Crippen LogP contribution in [0, 0.1) is 0 Å². The lowest BCUT2D eigenvalue weighted by Gasteiger charge is -2.40. The lowest BCUT2D eigenvalue weighted by Crippen LogP contribution is -2.48. The molecule has 1 saturated heterocycles. The Labute approximate surface area is 222 Å². The minimum absolute atomic E-state index is 0.0175. The number of carboxylic acids is 1. The zero-order valence-electron chi connectivity index (χ0n) is 20.9. The second-order valence-corrected chi connectivity index (χ2v) is 8.88. The minimum Gasteiger partial charge on any atom is -0.489 e. The molecule has 0 aliphatic carbocycles. The second-order valence-electron chi connectivity index (χ2n) is 8.88. The van der Waals surface area contributed by atoms with Gasteiger partial charge in [0.25, 0.3) is 0 Å². The molecule has 1 N–H and O–H groups in total. The van der Waals surface area contributed by atoms with Crippen LogP contribution >= 0.6 is 0 Å². The molecule has 0 spiro atoms. The Hall–Kier alpha value is -4.25. The first-order valence-electron chi connectivity index (χ1n) is 11.9. The molecular weight excluding hydrogens is 519 g/mol. The number of ether oxygens (including phenoxy) is 4. The van der Waals surface area contributed by atoms with E-state index >= 15 is 0 Å². The van der Waals surface area contributed by atoms with Crippen molar-refractivity contribution in [3.63, 3.8) is 0 Å². The SMILES string of the molecule is CO/N=C(/COc1ccc(COc2ccc(C3(CC(=O)O)COC3)cc2)cc1)c1ccc(OC(F)(F)F)cc1. The van der Waals surface area contributed by atoms with Crippen LogP contribution in [0.5, 0.6) is 17.2 Å². The number of hydrogen-bond donors (Lipinski definition) is 1. The number of nitrogens with zero attached hydrogens (tertiary/aromatic N) is 1. The topological polar surface area (TPSA) is 95.8 Å². The summed E-state index contributed by atoms with van der Waals surface area (Å²) in [5.74, 6) is 0.00173. The lowest BCUT2D eigenvalue weighted by atomic mass is 9.76. The predicted octanol–water partition coefficient (Wildman–Crippen LogP) is 5.34. The summed E-state index contributed by atoms with van der Waals surface area (Å²) in [7, 11) is 1.36. The van der Waals surface area contributed by atoms with E-state index in [0.717, 1.165) is 11.1 Å². The van der Waals surface area contributed by atoms with Crippen LogP contribution in [0.15, 0.2) is 78.0 Å². The predicted molar refractivity (Wildman–Crippen MR) is 134 cm³/mol. The molecule has 0 unspecified atom stereocenters. The van der Waals surface area contributed by atoms with Gasteiger partial charge in [-0.15, -0.1) is 13.2 Å². The van der Waals surface area contributed by atoms with Crippen LogP contribution in [-0.2, 0) is 26.4 Å². The summed E-state index contributed by atoms with van der Waals surface area (Å²) >= 11 is 0. The molecule has 4 rings (SSSR count). The molecule has 1 aliphatic rings. The van der Waals surface area contributed by atoms with Crippen molar-refractivity contribution in [3.8, 4) is 17.2 Å². The van der Waals surface area contributed by atoms with Crippen molar-refractivity contribution in [2.75, 3.05) is 26.9 Å². The minimum atomic E-state index is -4.77. The first-order chi connectivity index (χ1) is 18.7. The number of aliphatic carboxylic acids is 1. The highest BCUT2D eigenvalue weighted by Gasteiger charge is 2.42. The summed E-state index contributed by atoms with van der Waals surface area (Å²) in [5.41, 5.74) is 2.21. The Bertz CT molecular complexity index is 1270. The van der Waals surface area contributed by atoms with Crippen molar-refractivity contribution in [2.45, 2.75) is 24.8 Å². The number of benzene rings is 3. The van der Waals surface area contributed by atoms with Gasteiger partial charge in [0.15, 0.2) is 0 Å². The van der Waals surface area contributed by atoms with Crippen LogP contribution in [-0.4, -0.2) is 50.1 Å². The molecule has 39 heavy (non-hydrogen) atoms. The first-order valence-corrected chi connectivity index (χ1v) is 11.9. The van der Waals surface area contributed by atoms with Gasteiger partial charge >= 0.3 is 12.3 Å². The maximum Gasteiger partial charge on any atom is 0.573 e. The second kappa shape index (κ2) is 12.1. The fraction of sp³-hybridized carbons (Fsp3) is 0.286. The molecule has 0 saturated carbocycles. The number of carboxylic acid groups (broad SMARTS) is 1. The normalized spacial score (nSPS) is 14.7. The van der Waals surface area contributed by atoms with Gasteiger partial charge in [-0.25, -0.2) is 0 Å². The van der Waals surface area contributed by atoms with E-state index in [2.05, 4.69) is 9.89 Å². The molecule has 1 heterocycles. The van der Waals surface area contributed by atoms with E-state index in [1.165, 1.54) is 31.4 Å². The maximum atomic E-state index is 12.4. The van der Waals surface area contributed by atoms with Gasteiger partial charge in [0.05, 0.1) is 25.0 Å². The molecule has 0 atom stereocenters. The third-order valence-electron chi connectivity index (χ3n) is 6.04. The highest BCUT2D eigenvalue weighted by Crippen LogP contribution is 2.36. The average Bonchev–Trinajstić information content (AvgIpc) is 2.88. The fourth-order valence-corrected chi connectivity index (χ4v) is 4.04. The number of hydrogen-bond acceptors (Lipinski definition) is 7. The third kappa shape index (κ3) is 7.64. The van der Waals surface area contributed by atoms with E-state index in [9.17, 15) is 23.1 Å². The first kappa shape index (κ1) is 27.8. The highest BCUT2D eigenvalue weighted by molar-refractivity contribution is 6.01. The van der Waals surface area contributed by atoms with Gasteiger partial charge in [-0.2, -0.15) is 0 Å². The maximum absolute atomic E-state index is 12.4. The Morgan fingerprint density at radius 2 is 1.51 bits per heavy atom. The molecule has 11 heteroatoms. The largest absolute Gasteiger partial charge is 0.573 e. The van der Waals surface area contributed by atoms with Crippen LogP contribution in [0.4, 0.5) is 13.2 Å². The smallest absolute Gasteiger partial charge is 0.489 e. The summed E-state index contributed by atoms with van der Waals surface area (Å²) in [6, 6.07) is 19.8. The summed E-state index contributed by atoms with van der Waals surface area (Å²) in [4.78, 5) is 16.1. The third-order valence-corrected chi connectivity index (χ3v) is 6.04. The van der Waals surface area contributed by atoms with Crippen LogP contribution < -0.4 is 14.2 Å². The number of oxime groups is 1. The van der Waals surface area contributed by atoms with Crippen molar-refractivity contribution in [3.05, 3.63) is 89.5 Å². The Balaban J connectivity index is 1.29. The number of alkyl halides is 3. The zero-order chi connectivity index (χ0) is 27.9. The van der Waals surface area contributed by atoms with Gasteiger partial charge in [-0.05, 0) is 59.7 Å². The van der Waals surface area contributed by atoms with Crippen molar-refractivity contribution in [1.82, 2.24) is 0 Å². The van der Waals surface area contributed by atoms with E-state index in [1.54, 1.807) is 12.1 Å². The van der Waals surface area contributed by atoms with Gasteiger partial charge < -0.3 is 28.9 Å². The Morgan fingerprint density at radius 1 is 0.923 bits per heavy atom.